The number of aromatic nitrogens is 4. The summed E-state index contributed by atoms with van der Waals surface area (Å²) >= 11 is 1.58. The molecule has 1 aromatic carbocycles. The highest BCUT2D eigenvalue weighted by Gasteiger charge is 2.27. The highest BCUT2D eigenvalue weighted by molar-refractivity contribution is 7.99. The van der Waals surface area contributed by atoms with Crippen molar-refractivity contribution in [1.82, 2.24) is 25.1 Å². The maximum Gasteiger partial charge on any atom is 0.222 e. The molecule has 2 unspecified atom stereocenters. The van der Waals surface area contributed by atoms with Gasteiger partial charge in [0.25, 0.3) is 0 Å². The Labute approximate surface area is 164 Å². The minimum atomic E-state index is 0.208. The van der Waals surface area contributed by atoms with Crippen LogP contribution in [-0.2, 0) is 9.53 Å². The fourth-order valence-corrected chi connectivity index (χ4v) is 4.28. The highest BCUT2D eigenvalue weighted by atomic mass is 32.2. The first-order chi connectivity index (χ1) is 13.2. The number of para-hydroxylation sites is 1. The van der Waals surface area contributed by atoms with Crippen molar-refractivity contribution < 1.29 is 9.53 Å². The summed E-state index contributed by atoms with van der Waals surface area (Å²) in [4.78, 5) is 14.4. The topological polar surface area (TPSA) is 73.1 Å². The molecule has 1 aromatic heterocycles. The second kappa shape index (κ2) is 9.85. The van der Waals surface area contributed by atoms with Crippen LogP contribution in [0.5, 0.6) is 0 Å². The summed E-state index contributed by atoms with van der Waals surface area (Å²) in [7, 11) is 3.68. The Hall–Kier alpha value is -1.93. The number of carbonyl (C=O) groups is 1. The van der Waals surface area contributed by atoms with Gasteiger partial charge in [-0.15, -0.1) is 5.10 Å². The number of ether oxygens (including phenoxy) is 1. The van der Waals surface area contributed by atoms with E-state index in [0.717, 1.165) is 48.7 Å². The third-order valence-electron chi connectivity index (χ3n) is 5.08. The zero-order valence-electron chi connectivity index (χ0n) is 16.0. The van der Waals surface area contributed by atoms with Gasteiger partial charge in [0.1, 0.15) is 0 Å². The predicted octanol–water partition coefficient (Wildman–Crippen LogP) is 2.95. The lowest BCUT2D eigenvalue weighted by Gasteiger charge is -2.34. The zero-order chi connectivity index (χ0) is 19.1. The predicted molar refractivity (Wildman–Crippen MR) is 105 cm³/mol. The number of nitrogens with zero attached hydrogens (tertiary/aromatic N) is 5. The SMILES string of the molecule is COC1CCCC(N(C)C(=O)CCCSc2nnnn2-c2ccccc2)C1. The zero-order valence-corrected chi connectivity index (χ0v) is 16.8. The van der Waals surface area contributed by atoms with Crippen LogP contribution in [0.3, 0.4) is 0 Å². The first-order valence-corrected chi connectivity index (χ1v) is 10.4. The molecule has 1 aliphatic carbocycles. The molecule has 1 fully saturated rings. The molecule has 0 aliphatic heterocycles. The third kappa shape index (κ3) is 5.29. The largest absolute Gasteiger partial charge is 0.381 e. The van der Waals surface area contributed by atoms with Gasteiger partial charge in [-0.25, -0.2) is 0 Å². The van der Waals surface area contributed by atoms with E-state index in [1.165, 1.54) is 0 Å². The van der Waals surface area contributed by atoms with E-state index < -0.39 is 0 Å². The van der Waals surface area contributed by atoms with Gasteiger partial charge in [0, 0.05) is 32.4 Å². The van der Waals surface area contributed by atoms with Crippen molar-refractivity contribution >= 4 is 17.7 Å². The quantitative estimate of drug-likeness (QED) is 0.510. The Morgan fingerprint density at radius 3 is 2.93 bits per heavy atom. The average Bonchev–Trinajstić information content (AvgIpc) is 3.19. The minimum absolute atomic E-state index is 0.208. The lowest BCUT2D eigenvalue weighted by Crippen LogP contribution is -2.41. The molecular weight excluding hydrogens is 362 g/mol. The average molecular weight is 390 g/mol. The number of hydrogen-bond donors (Lipinski definition) is 0. The van der Waals surface area contributed by atoms with Crippen molar-refractivity contribution in [2.45, 2.75) is 55.8 Å². The van der Waals surface area contributed by atoms with Gasteiger partial charge in [-0.05, 0) is 54.7 Å². The molecular formula is C19H27N5O2S. The molecule has 8 heteroatoms. The summed E-state index contributed by atoms with van der Waals surface area (Å²) in [5.74, 6) is 1.01. The smallest absolute Gasteiger partial charge is 0.222 e. The van der Waals surface area contributed by atoms with Gasteiger partial charge in [0.05, 0.1) is 11.8 Å². The van der Waals surface area contributed by atoms with E-state index in [1.807, 2.05) is 42.3 Å². The van der Waals surface area contributed by atoms with Gasteiger partial charge in [-0.2, -0.15) is 4.68 Å². The molecule has 146 valence electrons. The first-order valence-electron chi connectivity index (χ1n) is 9.44. The van der Waals surface area contributed by atoms with Crippen molar-refractivity contribution in [1.29, 1.82) is 0 Å². The van der Waals surface area contributed by atoms with Crippen molar-refractivity contribution in [3.63, 3.8) is 0 Å². The van der Waals surface area contributed by atoms with E-state index in [0.29, 0.717) is 12.5 Å². The molecule has 0 bridgehead atoms. The lowest BCUT2D eigenvalue weighted by atomic mass is 9.92. The highest BCUT2D eigenvalue weighted by Crippen LogP contribution is 2.25. The first kappa shape index (κ1) is 19.8. The van der Waals surface area contributed by atoms with Crippen LogP contribution in [0.1, 0.15) is 38.5 Å². The maximum atomic E-state index is 12.5. The molecule has 2 atom stereocenters. The number of benzene rings is 1. The fraction of sp³-hybridized carbons (Fsp3) is 0.579. The molecule has 0 saturated heterocycles. The number of carbonyl (C=O) groups excluding carboxylic acids is 1. The summed E-state index contributed by atoms with van der Waals surface area (Å²) in [5, 5.41) is 12.7. The fourth-order valence-electron chi connectivity index (χ4n) is 3.45. The molecule has 0 spiro atoms. The Morgan fingerprint density at radius 2 is 2.15 bits per heavy atom. The van der Waals surface area contributed by atoms with Crippen LogP contribution in [0.2, 0.25) is 0 Å². The number of methoxy groups -OCH3 is 1. The molecule has 2 aromatic rings. The second-order valence-corrected chi connectivity index (χ2v) is 7.91. The van der Waals surface area contributed by atoms with E-state index in [9.17, 15) is 4.79 Å². The van der Waals surface area contributed by atoms with E-state index in [2.05, 4.69) is 15.5 Å². The van der Waals surface area contributed by atoms with Crippen LogP contribution in [0, 0.1) is 0 Å². The van der Waals surface area contributed by atoms with Crippen molar-refractivity contribution in [3.05, 3.63) is 30.3 Å². The van der Waals surface area contributed by atoms with Crippen LogP contribution < -0.4 is 0 Å². The Balaban J connectivity index is 1.44. The van der Waals surface area contributed by atoms with Gasteiger partial charge in [-0.3, -0.25) is 4.79 Å². The number of rotatable bonds is 8. The summed E-state index contributed by atoms with van der Waals surface area (Å²) in [5.41, 5.74) is 0.936. The molecule has 27 heavy (non-hydrogen) atoms. The van der Waals surface area contributed by atoms with Gasteiger partial charge in [0.2, 0.25) is 11.1 Å². The monoisotopic (exact) mass is 389 g/mol. The van der Waals surface area contributed by atoms with Crippen molar-refractivity contribution in [2.75, 3.05) is 19.9 Å². The standard InChI is InChI=1S/C19H27N5O2S/c1-23(16-10-6-11-17(14-16)26-2)18(25)12-7-13-27-19-20-21-22-24(19)15-8-4-3-5-9-15/h3-5,8-9,16-17H,6-7,10-14H2,1-2H3. The van der Waals surface area contributed by atoms with E-state index in [1.54, 1.807) is 23.6 Å². The van der Waals surface area contributed by atoms with Crippen LogP contribution in [0.15, 0.2) is 35.5 Å². The summed E-state index contributed by atoms with van der Waals surface area (Å²) in [6.07, 6.45) is 5.87. The number of hydrogen-bond acceptors (Lipinski definition) is 6. The maximum absolute atomic E-state index is 12.5. The molecule has 7 nitrogen and oxygen atoms in total. The second-order valence-electron chi connectivity index (χ2n) is 6.84. The van der Waals surface area contributed by atoms with Crippen LogP contribution in [0.4, 0.5) is 0 Å². The normalized spacial score (nSPS) is 19.8. The summed E-state index contributed by atoms with van der Waals surface area (Å²) < 4.78 is 7.20. The van der Waals surface area contributed by atoms with E-state index in [4.69, 9.17) is 4.74 Å². The van der Waals surface area contributed by atoms with Crippen LogP contribution >= 0.6 is 11.8 Å². The molecule has 0 radical (unpaired) electrons. The molecule has 1 saturated carbocycles. The summed E-state index contributed by atoms with van der Waals surface area (Å²) in [6, 6.07) is 10.1. The molecule has 0 N–H and O–H groups in total. The van der Waals surface area contributed by atoms with Gasteiger partial charge < -0.3 is 9.64 Å². The van der Waals surface area contributed by atoms with E-state index in [-0.39, 0.29) is 12.0 Å². The Bertz CT molecular complexity index is 724. The van der Waals surface area contributed by atoms with Gasteiger partial charge >= 0.3 is 0 Å². The van der Waals surface area contributed by atoms with Crippen molar-refractivity contribution in [3.8, 4) is 5.69 Å². The van der Waals surface area contributed by atoms with Gasteiger partial charge in [0.15, 0.2) is 0 Å². The number of amides is 1. The Kier molecular flexibility index (Phi) is 7.23. The lowest BCUT2D eigenvalue weighted by molar-refractivity contribution is -0.133. The Morgan fingerprint density at radius 1 is 1.33 bits per heavy atom. The third-order valence-corrected chi connectivity index (χ3v) is 6.09. The number of tetrazole rings is 1. The van der Waals surface area contributed by atoms with E-state index >= 15 is 0 Å². The minimum Gasteiger partial charge on any atom is -0.381 e. The molecule has 3 rings (SSSR count). The van der Waals surface area contributed by atoms with Gasteiger partial charge in [-0.1, -0.05) is 30.0 Å². The number of thioether (sulfide) groups is 1. The van der Waals surface area contributed by atoms with Crippen LogP contribution in [0.25, 0.3) is 5.69 Å². The van der Waals surface area contributed by atoms with Crippen LogP contribution in [-0.4, -0.2) is 63.1 Å². The van der Waals surface area contributed by atoms with Crippen molar-refractivity contribution in [2.24, 2.45) is 0 Å². The summed E-state index contributed by atoms with van der Waals surface area (Å²) in [6.45, 7) is 0. The molecule has 1 aliphatic rings. The molecule has 1 heterocycles. The molecule has 1 amide bonds.